The Hall–Kier alpha value is -2.39. The van der Waals surface area contributed by atoms with E-state index in [1.54, 1.807) is 5.57 Å². The van der Waals surface area contributed by atoms with Gasteiger partial charge in [0.1, 0.15) is 0 Å². The first kappa shape index (κ1) is 32.2. The number of benzene rings is 2. The fraction of sp³-hybridized carbons (Fsp3) is 0.651. The van der Waals surface area contributed by atoms with Crippen LogP contribution in [0, 0.1) is 50.2 Å². The zero-order valence-electron chi connectivity index (χ0n) is 29.7. The Labute approximate surface area is 279 Å². The third kappa shape index (κ3) is 4.56. The van der Waals surface area contributed by atoms with E-state index in [0.29, 0.717) is 29.2 Å². The van der Waals surface area contributed by atoms with Crippen molar-refractivity contribution in [3.8, 4) is 0 Å². The molecule has 5 aliphatic carbocycles. The van der Waals surface area contributed by atoms with E-state index in [1.165, 1.54) is 38.5 Å². The summed E-state index contributed by atoms with van der Waals surface area (Å²) in [6.45, 7) is 17.6. The summed E-state index contributed by atoms with van der Waals surface area (Å²) in [7, 11) is 0. The van der Waals surface area contributed by atoms with Crippen molar-refractivity contribution in [3.05, 3.63) is 83.4 Å². The number of hydrogen-bond donors (Lipinski definition) is 1. The summed E-state index contributed by atoms with van der Waals surface area (Å²) < 4.78 is 6.58. The van der Waals surface area contributed by atoms with Gasteiger partial charge in [-0.1, -0.05) is 114 Å². The first-order chi connectivity index (χ1) is 21.7. The molecule has 2 aromatic carbocycles. The summed E-state index contributed by atoms with van der Waals surface area (Å²) in [6, 6.07) is 20.8. The van der Waals surface area contributed by atoms with E-state index in [4.69, 9.17) is 10.5 Å². The third-order valence-electron chi connectivity index (χ3n) is 15.9. The van der Waals surface area contributed by atoms with Crippen LogP contribution in [0.15, 0.2) is 72.3 Å². The summed E-state index contributed by atoms with van der Waals surface area (Å²) in [5.41, 5.74) is 11.2. The monoisotopic (exact) mass is 621 g/mol. The second-order valence-corrected chi connectivity index (χ2v) is 18.3. The van der Waals surface area contributed by atoms with Gasteiger partial charge in [-0.05, 0) is 127 Å². The molecule has 0 spiro atoms. The molecule has 5 aliphatic rings. The summed E-state index contributed by atoms with van der Waals surface area (Å²) in [6.07, 6.45) is 13.9. The highest BCUT2D eigenvalue weighted by Gasteiger charge is 2.68. The molecule has 4 fully saturated rings. The van der Waals surface area contributed by atoms with Gasteiger partial charge in [-0.15, -0.1) is 0 Å². The normalized spacial score (nSPS) is 42.9. The van der Waals surface area contributed by atoms with Crippen LogP contribution >= 0.6 is 0 Å². The standard InChI is InChI=1S/C43H59NO2/c1-38(2)33-20-23-43(7)34(41(33,5)22-21-35(38)44)19-18-31-32-28-40(4,25-24-39(32,3)26-27-42(31,43)6)37(45)46-36(29-14-10-8-11-15-29)30-16-12-9-13-17-30/h8-18,32-36H,19-28,44H2,1-7H3. The number of hydrogen-bond acceptors (Lipinski definition) is 3. The Morgan fingerprint density at radius 2 is 1.37 bits per heavy atom. The highest BCUT2D eigenvalue weighted by atomic mass is 16.5. The summed E-state index contributed by atoms with van der Waals surface area (Å²) >= 11 is 0. The average molecular weight is 622 g/mol. The van der Waals surface area contributed by atoms with Crippen molar-refractivity contribution in [3.63, 3.8) is 0 Å². The van der Waals surface area contributed by atoms with Crippen LogP contribution in [0.5, 0.6) is 0 Å². The van der Waals surface area contributed by atoms with Gasteiger partial charge in [-0.3, -0.25) is 4.79 Å². The molecule has 248 valence electrons. The third-order valence-corrected chi connectivity index (χ3v) is 15.9. The number of allylic oxidation sites excluding steroid dienone is 2. The van der Waals surface area contributed by atoms with Crippen LogP contribution < -0.4 is 5.73 Å². The van der Waals surface area contributed by atoms with Crippen molar-refractivity contribution in [2.24, 2.45) is 56.0 Å². The fourth-order valence-corrected chi connectivity index (χ4v) is 12.4. The lowest BCUT2D eigenvalue weighted by molar-refractivity contribution is -0.186. The quantitative estimate of drug-likeness (QED) is 0.273. The molecular weight excluding hydrogens is 562 g/mol. The molecule has 7 rings (SSSR count). The first-order valence-electron chi connectivity index (χ1n) is 18.5. The van der Waals surface area contributed by atoms with Crippen LogP contribution in [0.4, 0.5) is 0 Å². The van der Waals surface area contributed by atoms with Crippen molar-refractivity contribution in [2.75, 3.05) is 0 Å². The lowest BCUT2D eigenvalue weighted by Crippen LogP contribution is -2.65. The summed E-state index contributed by atoms with van der Waals surface area (Å²) in [4.78, 5) is 14.4. The highest BCUT2D eigenvalue weighted by Crippen LogP contribution is 2.75. The minimum absolute atomic E-state index is 0.0335. The number of carbonyl (C=O) groups excluding carboxylic acids is 1. The molecule has 2 N–H and O–H groups in total. The Kier molecular flexibility index (Phi) is 7.56. The number of esters is 1. The lowest BCUT2D eigenvalue weighted by Gasteiger charge is -2.71. The molecule has 46 heavy (non-hydrogen) atoms. The Balaban J connectivity index is 1.20. The minimum Gasteiger partial charge on any atom is -0.452 e. The molecule has 4 saturated carbocycles. The molecule has 3 nitrogen and oxygen atoms in total. The molecule has 3 heteroatoms. The number of carbonyl (C=O) groups is 1. The van der Waals surface area contributed by atoms with E-state index in [1.807, 2.05) is 36.4 Å². The van der Waals surface area contributed by atoms with Crippen molar-refractivity contribution in [2.45, 2.75) is 125 Å². The number of fused-ring (bicyclic) bond motifs is 7. The minimum atomic E-state index is -0.504. The largest absolute Gasteiger partial charge is 0.452 e. The van der Waals surface area contributed by atoms with Crippen LogP contribution in [-0.2, 0) is 9.53 Å². The van der Waals surface area contributed by atoms with Gasteiger partial charge in [0.05, 0.1) is 5.41 Å². The molecule has 2 aromatic rings. The van der Waals surface area contributed by atoms with Crippen LogP contribution in [0.2, 0.25) is 0 Å². The van der Waals surface area contributed by atoms with Crippen LogP contribution in [0.1, 0.15) is 130 Å². The van der Waals surface area contributed by atoms with Gasteiger partial charge in [0.2, 0.25) is 0 Å². The van der Waals surface area contributed by atoms with Crippen molar-refractivity contribution in [1.82, 2.24) is 0 Å². The fourth-order valence-electron chi connectivity index (χ4n) is 12.4. The number of nitrogens with two attached hydrogens (primary N) is 1. The summed E-state index contributed by atoms with van der Waals surface area (Å²) in [5.74, 6) is 1.75. The van der Waals surface area contributed by atoms with E-state index < -0.39 is 11.5 Å². The van der Waals surface area contributed by atoms with Crippen LogP contribution in [0.25, 0.3) is 0 Å². The lowest BCUT2D eigenvalue weighted by atomic mass is 9.33. The second-order valence-electron chi connectivity index (χ2n) is 18.3. The molecular formula is C43H59NO2. The Morgan fingerprint density at radius 3 is 2.00 bits per heavy atom. The second kappa shape index (κ2) is 10.8. The topological polar surface area (TPSA) is 52.3 Å². The Bertz CT molecular complexity index is 1460. The molecule has 9 unspecified atom stereocenters. The van der Waals surface area contributed by atoms with Gasteiger partial charge in [0.25, 0.3) is 0 Å². The SMILES string of the molecule is CC1(C(=O)OC(c2ccccc2)c2ccccc2)CCC2(C)CCC3(C)C(=CCC4C5(C)CCC(N)C(C)(C)C5CCC43C)C2C1. The molecule has 0 heterocycles. The van der Waals surface area contributed by atoms with Crippen LogP contribution in [-0.4, -0.2) is 12.0 Å². The molecule has 0 bridgehead atoms. The van der Waals surface area contributed by atoms with Crippen molar-refractivity contribution < 1.29 is 9.53 Å². The van der Waals surface area contributed by atoms with Crippen molar-refractivity contribution >= 4 is 5.97 Å². The van der Waals surface area contributed by atoms with E-state index in [0.717, 1.165) is 36.8 Å². The maximum atomic E-state index is 14.4. The maximum Gasteiger partial charge on any atom is 0.312 e. The predicted octanol–water partition coefficient (Wildman–Crippen LogP) is 10.4. The van der Waals surface area contributed by atoms with E-state index in [2.05, 4.69) is 78.8 Å². The van der Waals surface area contributed by atoms with Gasteiger partial charge in [-0.25, -0.2) is 0 Å². The number of rotatable bonds is 4. The predicted molar refractivity (Wildman–Crippen MR) is 188 cm³/mol. The highest BCUT2D eigenvalue weighted by molar-refractivity contribution is 5.77. The Morgan fingerprint density at radius 1 is 0.761 bits per heavy atom. The molecule has 0 aromatic heterocycles. The van der Waals surface area contributed by atoms with Gasteiger partial charge in [0, 0.05) is 6.04 Å². The molecule has 9 atom stereocenters. The van der Waals surface area contributed by atoms with Gasteiger partial charge >= 0.3 is 5.97 Å². The first-order valence-corrected chi connectivity index (χ1v) is 18.5. The number of ether oxygens (including phenoxy) is 1. The van der Waals surface area contributed by atoms with Gasteiger partial charge < -0.3 is 10.5 Å². The summed E-state index contributed by atoms with van der Waals surface area (Å²) in [5, 5.41) is 0. The van der Waals surface area contributed by atoms with E-state index in [-0.39, 0.29) is 27.6 Å². The zero-order chi connectivity index (χ0) is 32.8. The van der Waals surface area contributed by atoms with Gasteiger partial charge in [-0.2, -0.15) is 0 Å². The van der Waals surface area contributed by atoms with Gasteiger partial charge in [0.15, 0.2) is 6.10 Å². The van der Waals surface area contributed by atoms with E-state index >= 15 is 0 Å². The molecule has 0 radical (unpaired) electrons. The maximum absolute atomic E-state index is 14.4. The molecule has 0 aliphatic heterocycles. The zero-order valence-corrected chi connectivity index (χ0v) is 29.7. The van der Waals surface area contributed by atoms with Crippen molar-refractivity contribution in [1.29, 1.82) is 0 Å². The van der Waals surface area contributed by atoms with E-state index in [9.17, 15) is 4.79 Å². The average Bonchev–Trinajstić information content (AvgIpc) is 3.04. The molecule has 0 amide bonds. The van der Waals surface area contributed by atoms with Crippen LogP contribution in [0.3, 0.4) is 0 Å². The molecule has 0 saturated heterocycles. The smallest absolute Gasteiger partial charge is 0.312 e.